The van der Waals surface area contributed by atoms with Gasteiger partial charge in [-0.15, -0.1) is 6.42 Å². The maximum atomic E-state index is 12.7. The lowest BCUT2D eigenvalue weighted by Crippen LogP contribution is -2.56. The van der Waals surface area contributed by atoms with Crippen molar-refractivity contribution in [2.75, 3.05) is 13.2 Å². The number of hydrogen-bond acceptors (Lipinski definition) is 3. The normalized spacial score (nSPS) is 21.1. The Labute approximate surface area is 159 Å². The molecule has 2 heterocycles. The van der Waals surface area contributed by atoms with Crippen LogP contribution in [-0.2, 0) is 16.1 Å². The van der Waals surface area contributed by atoms with Gasteiger partial charge in [0.2, 0.25) is 0 Å². The van der Waals surface area contributed by atoms with E-state index in [4.69, 9.17) is 15.9 Å². The van der Waals surface area contributed by atoms with Crippen molar-refractivity contribution in [3.05, 3.63) is 77.4 Å². The molecule has 2 aliphatic heterocycles. The van der Waals surface area contributed by atoms with Crippen LogP contribution in [0.15, 0.2) is 60.7 Å². The van der Waals surface area contributed by atoms with E-state index in [1.54, 1.807) is 0 Å². The fourth-order valence-electron chi connectivity index (χ4n) is 3.70. The van der Waals surface area contributed by atoms with Crippen LogP contribution in [0.25, 0.3) is 5.57 Å². The van der Waals surface area contributed by atoms with Crippen LogP contribution in [0.1, 0.15) is 23.1 Å². The Morgan fingerprint density at radius 1 is 1.19 bits per heavy atom. The van der Waals surface area contributed by atoms with Gasteiger partial charge in [-0.3, -0.25) is 4.90 Å². The molecular formula is C23H21NO3. The second-order valence-corrected chi connectivity index (χ2v) is 6.83. The molecule has 2 unspecified atom stereocenters. The molecule has 0 saturated carbocycles. The topological polar surface area (TPSA) is 38.8 Å². The number of terminal acetylenes is 1. The Morgan fingerprint density at radius 3 is 2.81 bits per heavy atom. The molecule has 4 heteroatoms. The molecule has 4 nitrogen and oxygen atoms in total. The standard InChI is InChI=1S/C23H21NO3/c1-2-17-9-6-10-19(11-17)20-12-21-15-26-16-22(13-20)24(21)23(25)27-14-18-7-4-3-5-8-18/h1,3-12,21-22H,13-16H2. The van der Waals surface area contributed by atoms with Crippen LogP contribution >= 0.6 is 0 Å². The maximum Gasteiger partial charge on any atom is 0.411 e. The van der Waals surface area contributed by atoms with Gasteiger partial charge in [-0.1, -0.05) is 54.5 Å². The number of fused-ring (bicyclic) bond motifs is 2. The molecule has 136 valence electrons. The van der Waals surface area contributed by atoms with Crippen LogP contribution in [-0.4, -0.2) is 36.3 Å². The summed E-state index contributed by atoms with van der Waals surface area (Å²) in [6.07, 6.45) is 8.07. The third kappa shape index (κ3) is 3.74. The Morgan fingerprint density at radius 2 is 2.04 bits per heavy atom. The molecule has 2 aromatic rings. The molecular weight excluding hydrogens is 338 g/mol. The molecule has 0 aliphatic carbocycles. The van der Waals surface area contributed by atoms with Crippen molar-refractivity contribution in [1.29, 1.82) is 0 Å². The third-order valence-corrected chi connectivity index (χ3v) is 5.01. The van der Waals surface area contributed by atoms with Gasteiger partial charge in [0.1, 0.15) is 6.61 Å². The maximum absolute atomic E-state index is 12.7. The quantitative estimate of drug-likeness (QED) is 0.781. The van der Waals surface area contributed by atoms with Crippen LogP contribution in [0.5, 0.6) is 0 Å². The van der Waals surface area contributed by atoms with E-state index >= 15 is 0 Å². The van der Waals surface area contributed by atoms with Crippen molar-refractivity contribution in [1.82, 2.24) is 4.90 Å². The molecule has 1 amide bonds. The Kier molecular flexibility index (Phi) is 4.95. The Bertz CT molecular complexity index is 897. The van der Waals surface area contributed by atoms with Crippen molar-refractivity contribution in [2.45, 2.75) is 25.1 Å². The average molecular weight is 359 g/mol. The smallest absolute Gasteiger partial charge is 0.411 e. The highest BCUT2D eigenvalue weighted by Gasteiger charge is 2.39. The monoisotopic (exact) mass is 359 g/mol. The molecule has 2 aliphatic rings. The summed E-state index contributed by atoms with van der Waals surface area (Å²) in [6.45, 7) is 1.27. The molecule has 1 saturated heterocycles. The molecule has 0 spiro atoms. The van der Waals surface area contributed by atoms with E-state index in [0.29, 0.717) is 13.2 Å². The highest BCUT2D eigenvalue weighted by Crippen LogP contribution is 2.33. The first kappa shape index (κ1) is 17.4. The summed E-state index contributed by atoms with van der Waals surface area (Å²) in [4.78, 5) is 14.5. The molecule has 0 radical (unpaired) electrons. The van der Waals surface area contributed by atoms with Crippen LogP contribution in [0.2, 0.25) is 0 Å². The van der Waals surface area contributed by atoms with Gasteiger partial charge in [-0.05, 0) is 35.3 Å². The predicted octanol–water partition coefficient (Wildman–Crippen LogP) is 3.86. The third-order valence-electron chi connectivity index (χ3n) is 5.01. The number of amides is 1. The Hall–Kier alpha value is -3.03. The van der Waals surface area contributed by atoms with Crippen molar-refractivity contribution in [3.8, 4) is 12.3 Å². The minimum Gasteiger partial charge on any atom is -0.445 e. The number of carbonyl (C=O) groups is 1. The van der Waals surface area contributed by atoms with E-state index in [1.807, 2.05) is 53.4 Å². The molecule has 27 heavy (non-hydrogen) atoms. The van der Waals surface area contributed by atoms with Gasteiger partial charge in [-0.25, -0.2) is 4.79 Å². The molecule has 4 rings (SSSR count). The second kappa shape index (κ2) is 7.69. The molecule has 1 fully saturated rings. The fourth-order valence-corrected chi connectivity index (χ4v) is 3.70. The molecule has 0 N–H and O–H groups in total. The number of nitrogens with zero attached hydrogens (tertiary/aromatic N) is 1. The SMILES string of the molecule is C#Cc1cccc(C2=CC3COCC(C2)N3C(=O)OCc2ccccc2)c1. The zero-order chi connectivity index (χ0) is 18.6. The molecule has 0 aromatic heterocycles. The summed E-state index contributed by atoms with van der Waals surface area (Å²) in [6, 6.07) is 17.5. The van der Waals surface area contributed by atoms with E-state index in [9.17, 15) is 4.79 Å². The Balaban J connectivity index is 1.51. The van der Waals surface area contributed by atoms with Crippen LogP contribution in [0, 0.1) is 12.3 Å². The van der Waals surface area contributed by atoms with Gasteiger partial charge in [0.15, 0.2) is 0 Å². The number of morpholine rings is 1. The first-order valence-corrected chi connectivity index (χ1v) is 9.09. The summed E-state index contributed by atoms with van der Waals surface area (Å²) in [5.74, 6) is 2.68. The minimum atomic E-state index is -0.287. The first-order valence-electron chi connectivity index (χ1n) is 9.09. The predicted molar refractivity (Wildman–Crippen MR) is 104 cm³/mol. The van der Waals surface area contributed by atoms with Crippen LogP contribution in [0.4, 0.5) is 4.79 Å². The van der Waals surface area contributed by atoms with Crippen LogP contribution < -0.4 is 0 Å². The summed E-state index contributed by atoms with van der Waals surface area (Å²) in [5.41, 5.74) is 4.16. The van der Waals surface area contributed by atoms with Crippen molar-refractivity contribution in [2.24, 2.45) is 0 Å². The number of rotatable bonds is 3. The van der Waals surface area contributed by atoms with E-state index < -0.39 is 0 Å². The van der Waals surface area contributed by atoms with Crippen molar-refractivity contribution < 1.29 is 14.3 Å². The average Bonchev–Trinajstić information content (AvgIpc) is 2.72. The summed E-state index contributed by atoms with van der Waals surface area (Å²) >= 11 is 0. The van der Waals surface area contributed by atoms with E-state index in [0.717, 1.165) is 23.1 Å². The number of benzene rings is 2. The van der Waals surface area contributed by atoms with Crippen molar-refractivity contribution >= 4 is 11.7 Å². The van der Waals surface area contributed by atoms with Gasteiger partial charge in [-0.2, -0.15) is 0 Å². The van der Waals surface area contributed by atoms with Crippen molar-refractivity contribution in [3.63, 3.8) is 0 Å². The number of hydrogen-bond donors (Lipinski definition) is 0. The largest absolute Gasteiger partial charge is 0.445 e. The van der Waals surface area contributed by atoms with Gasteiger partial charge < -0.3 is 9.47 Å². The zero-order valence-electron chi connectivity index (χ0n) is 15.0. The van der Waals surface area contributed by atoms with Crippen LogP contribution in [0.3, 0.4) is 0 Å². The zero-order valence-corrected chi connectivity index (χ0v) is 15.0. The minimum absolute atomic E-state index is 0.0264. The number of carbonyl (C=O) groups excluding carboxylic acids is 1. The lowest BCUT2D eigenvalue weighted by Gasteiger charge is -2.43. The first-order chi connectivity index (χ1) is 13.2. The molecule has 2 bridgehead atoms. The van der Waals surface area contributed by atoms with E-state index in [-0.39, 0.29) is 24.8 Å². The van der Waals surface area contributed by atoms with Gasteiger partial charge in [0, 0.05) is 5.56 Å². The lowest BCUT2D eigenvalue weighted by molar-refractivity contribution is -0.0342. The lowest BCUT2D eigenvalue weighted by atomic mass is 9.89. The molecule has 2 atom stereocenters. The number of ether oxygens (including phenoxy) is 2. The fraction of sp³-hybridized carbons (Fsp3) is 0.261. The second-order valence-electron chi connectivity index (χ2n) is 6.83. The van der Waals surface area contributed by atoms with E-state index in [1.165, 1.54) is 5.57 Å². The summed E-state index contributed by atoms with van der Waals surface area (Å²) < 4.78 is 11.2. The summed E-state index contributed by atoms with van der Waals surface area (Å²) in [5, 5.41) is 0. The van der Waals surface area contributed by atoms with Gasteiger partial charge >= 0.3 is 6.09 Å². The molecule has 2 aromatic carbocycles. The highest BCUT2D eigenvalue weighted by atomic mass is 16.6. The van der Waals surface area contributed by atoms with Gasteiger partial charge in [0.25, 0.3) is 0 Å². The van der Waals surface area contributed by atoms with E-state index in [2.05, 4.69) is 18.1 Å². The highest BCUT2D eigenvalue weighted by molar-refractivity contribution is 5.75. The summed E-state index contributed by atoms with van der Waals surface area (Å²) in [7, 11) is 0. The van der Waals surface area contributed by atoms with Gasteiger partial charge in [0.05, 0.1) is 25.3 Å².